The highest BCUT2D eigenvalue weighted by atomic mass is 28.4. The zero-order valence-electron chi connectivity index (χ0n) is 21.0. The van der Waals surface area contributed by atoms with Gasteiger partial charge >= 0.3 is 0 Å². The zero-order chi connectivity index (χ0) is 24.0. The van der Waals surface area contributed by atoms with Gasteiger partial charge in [0, 0.05) is 6.08 Å². The third-order valence-electron chi connectivity index (χ3n) is 2.79. The third-order valence-corrected chi connectivity index (χ3v) is 6.20. The van der Waals surface area contributed by atoms with Crippen molar-refractivity contribution < 1.29 is 27.3 Å². The van der Waals surface area contributed by atoms with Gasteiger partial charge in [0.05, 0.1) is 12.2 Å². The standard InChI is InChI=1S/C20H42O6Si4/c1-27(2,3)23-17(13-14-19(21)25-29(7,8)9)15-18(24-28(4,5)6)16-20(22)26-30(10,11)12/h13,15H,14,16H2,1-12H3/b17-13+,18-15+. The van der Waals surface area contributed by atoms with Crippen LogP contribution >= 0.6 is 0 Å². The maximum atomic E-state index is 12.4. The molecule has 6 nitrogen and oxygen atoms in total. The molecular formula is C20H42O6Si4. The van der Waals surface area contributed by atoms with E-state index < -0.39 is 33.3 Å². The first kappa shape index (κ1) is 28.9. The van der Waals surface area contributed by atoms with Crippen LogP contribution in [0.1, 0.15) is 12.8 Å². The summed E-state index contributed by atoms with van der Waals surface area (Å²) in [6.07, 6.45) is 3.61. The van der Waals surface area contributed by atoms with Gasteiger partial charge in [-0.05, 0) is 84.6 Å². The largest absolute Gasteiger partial charge is 0.547 e. The van der Waals surface area contributed by atoms with Crippen LogP contribution in [0.5, 0.6) is 0 Å². The molecule has 0 aliphatic carbocycles. The summed E-state index contributed by atoms with van der Waals surface area (Å²) in [5, 5.41) is 0. The van der Waals surface area contributed by atoms with E-state index in [1.807, 2.05) is 39.3 Å². The van der Waals surface area contributed by atoms with E-state index in [1.165, 1.54) is 0 Å². The summed E-state index contributed by atoms with van der Waals surface area (Å²) in [5.74, 6) is 0.477. The molecule has 0 aliphatic heterocycles. The van der Waals surface area contributed by atoms with Crippen LogP contribution in [-0.4, -0.2) is 45.2 Å². The first-order valence-corrected chi connectivity index (χ1v) is 24.0. The molecule has 0 radical (unpaired) electrons. The number of hydrogen-bond donors (Lipinski definition) is 0. The van der Waals surface area contributed by atoms with E-state index in [9.17, 15) is 9.59 Å². The Morgan fingerprint density at radius 3 is 1.40 bits per heavy atom. The van der Waals surface area contributed by atoms with Gasteiger partial charge in [0.2, 0.25) is 33.3 Å². The van der Waals surface area contributed by atoms with Crippen LogP contribution in [0.15, 0.2) is 23.7 Å². The van der Waals surface area contributed by atoms with E-state index in [4.69, 9.17) is 17.7 Å². The summed E-state index contributed by atoms with van der Waals surface area (Å²) in [6, 6.07) is 0. The van der Waals surface area contributed by atoms with Gasteiger partial charge in [-0.15, -0.1) is 0 Å². The molecule has 0 heterocycles. The third kappa shape index (κ3) is 17.7. The Labute approximate surface area is 187 Å². The minimum Gasteiger partial charge on any atom is -0.547 e. The quantitative estimate of drug-likeness (QED) is 0.201. The topological polar surface area (TPSA) is 71.1 Å². The summed E-state index contributed by atoms with van der Waals surface area (Å²) >= 11 is 0. The molecule has 0 aliphatic rings. The molecular weight excluding hydrogens is 449 g/mol. The first-order valence-electron chi connectivity index (χ1n) is 10.4. The summed E-state index contributed by atoms with van der Waals surface area (Å²) < 4.78 is 23.4. The smallest absolute Gasteiger partial charge is 0.300 e. The molecule has 0 aromatic heterocycles. The molecule has 0 spiro atoms. The Morgan fingerprint density at radius 2 is 1.00 bits per heavy atom. The van der Waals surface area contributed by atoms with Crippen molar-refractivity contribution in [2.75, 3.05) is 0 Å². The van der Waals surface area contributed by atoms with Crippen LogP contribution in [0, 0.1) is 0 Å². The van der Waals surface area contributed by atoms with Gasteiger partial charge in [-0.3, -0.25) is 9.59 Å². The van der Waals surface area contributed by atoms with E-state index in [0.29, 0.717) is 11.5 Å². The number of hydrogen-bond acceptors (Lipinski definition) is 6. The number of allylic oxidation sites excluding steroid dienone is 1. The second-order valence-electron chi connectivity index (χ2n) is 11.2. The maximum absolute atomic E-state index is 12.4. The van der Waals surface area contributed by atoms with Gasteiger partial charge in [-0.25, -0.2) is 0 Å². The van der Waals surface area contributed by atoms with Crippen molar-refractivity contribution in [3.05, 3.63) is 23.7 Å². The highest BCUT2D eigenvalue weighted by Gasteiger charge is 2.25. The van der Waals surface area contributed by atoms with E-state index in [2.05, 4.69) is 39.3 Å². The van der Waals surface area contributed by atoms with Gasteiger partial charge < -0.3 is 17.7 Å². The molecule has 0 saturated carbocycles. The second-order valence-corrected chi connectivity index (χ2v) is 28.9. The lowest BCUT2D eigenvalue weighted by atomic mass is 10.3. The molecule has 0 unspecified atom stereocenters. The molecule has 0 N–H and O–H groups in total. The normalized spacial score (nSPS) is 14.3. The molecule has 10 heteroatoms. The molecule has 0 bridgehead atoms. The molecule has 0 aromatic carbocycles. The highest BCUT2D eigenvalue weighted by molar-refractivity contribution is 6.72. The fourth-order valence-corrected chi connectivity index (χ4v) is 5.53. The van der Waals surface area contributed by atoms with E-state index in [1.54, 1.807) is 12.2 Å². The number of carbonyl (C=O) groups is 2. The van der Waals surface area contributed by atoms with Gasteiger partial charge in [-0.1, -0.05) is 0 Å². The Morgan fingerprint density at radius 1 is 0.600 bits per heavy atom. The van der Waals surface area contributed by atoms with Gasteiger partial charge in [0.25, 0.3) is 11.9 Å². The van der Waals surface area contributed by atoms with Crippen LogP contribution in [0.3, 0.4) is 0 Å². The van der Waals surface area contributed by atoms with Gasteiger partial charge in [-0.2, -0.15) is 0 Å². The minimum atomic E-state index is -1.99. The lowest BCUT2D eigenvalue weighted by molar-refractivity contribution is -0.135. The van der Waals surface area contributed by atoms with Gasteiger partial charge in [0.1, 0.15) is 12.2 Å². The Hall–Kier alpha value is -1.11. The first-order chi connectivity index (χ1) is 13.2. The van der Waals surface area contributed by atoms with Gasteiger partial charge in [0.15, 0.2) is 0 Å². The monoisotopic (exact) mass is 490 g/mol. The average Bonchev–Trinajstić information content (AvgIpc) is 2.36. The van der Waals surface area contributed by atoms with Crippen molar-refractivity contribution in [2.45, 2.75) is 91.4 Å². The summed E-state index contributed by atoms with van der Waals surface area (Å²) in [4.78, 5) is 24.6. The van der Waals surface area contributed by atoms with Crippen molar-refractivity contribution in [3.63, 3.8) is 0 Å². The predicted octanol–water partition coefficient (Wildman–Crippen LogP) is 5.99. The Kier molecular flexibility index (Phi) is 10.6. The van der Waals surface area contributed by atoms with Crippen molar-refractivity contribution in [2.24, 2.45) is 0 Å². The minimum absolute atomic E-state index is 0.0420. The predicted molar refractivity (Wildman–Crippen MR) is 133 cm³/mol. The second kappa shape index (κ2) is 11.0. The SMILES string of the molecule is C[Si](C)(C)OC(=O)C/C=C(\C=C(/CC(=O)O[Si](C)(C)C)O[Si](C)(C)C)O[Si](C)(C)C. The molecule has 0 aromatic rings. The highest BCUT2D eigenvalue weighted by Crippen LogP contribution is 2.21. The van der Waals surface area contributed by atoms with E-state index in [-0.39, 0.29) is 24.8 Å². The summed E-state index contributed by atoms with van der Waals surface area (Å²) in [7, 11) is -7.87. The molecule has 0 fully saturated rings. The average molecular weight is 491 g/mol. The van der Waals surface area contributed by atoms with Crippen molar-refractivity contribution in [3.8, 4) is 0 Å². The Balaban J connectivity index is 5.79. The molecule has 30 heavy (non-hydrogen) atoms. The summed E-state index contributed by atoms with van der Waals surface area (Å²) in [5.41, 5.74) is 0. The van der Waals surface area contributed by atoms with Crippen LogP contribution in [0.4, 0.5) is 0 Å². The van der Waals surface area contributed by atoms with E-state index >= 15 is 0 Å². The number of rotatable bonds is 11. The van der Waals surface area contributed by atoms with E-state index in [0.717, 1.165) is 0 Å². The maximum Gasteiger partial charge on any atom is 0.300 e. The number of carbonyl (C=O) groups excluding carboxylic acids is 2. The van der Waals surface area contributed by atoms with Crippen LogP contribution in [-0.2, 0) is 27.3 Å². The lowest BCUT2D eigenvalue weighted by Crippen LogP contribution is -2.31. The molecule has 0 amide bonds. The Bertz CT molecular complexity index is 659. The van der Waals surface area contributed by atoms with Crippen molar-refractivity contribution >= 4 is 45.2 Å². The lowest BCUT2D eigenvalue weighted by Gasteiger charge is -2.25. The molecule has 174 valence electrons. The molecule has 0 rings (SSSR count). The van der Waals surface area contributed by atoms with Crippen molar-refractivity contribution in [1.29, 1.82) is 0 Å². The van der Waals surface area contributed by atoms with Crippen LogP contribution in [0.2, 0.25) is 78.6 Å². The van der Waals surface area contributed by atoms with Crippen LogP contribution < -0.4 is 0 Å². The molecule has 0 atom stereocenters. The zero-order valence-corrected chi connectivity index (χ0v) is 25.0. The summed E-state index contributed by atoms with van der Waals surface area (Å²) in [6.45, 7) is 24.2. The fraction of sp³-hybridized carbons (Fsp3) is 0.700. The fourth-order valence-electron chi connectivity index (χ4n) is 2.24. The van der Waals surface area contributed by atoms with Crippen LogP contribution in [0.25, 0.3) is 0 Å². The van der Waals surface area contributed by atoms with Crippen molar-refractivity contribution in [1.82, 2.24) is 0 Å². The molecule has 0 saturated heterocycles.